The Hall–Kier alpha value is -0.800. The molecule has 20 nitrogen and oxygen atoms in total. The van der Waals surface area contributed by atoms with Crippen molar-refractivity contribution in [1.29, 1.82) is 0 Å². The summed E-state index contributed by atoms with van der Waals surface area (Å²) in [6, 6.07) is 0. The van der Waals surface area contributed by atoms with Gasteiger partial charge in [-0.25, -0.2) is 0 Å². The van der Waals surface area contributed by atoms with Gasteiger partial charge in [-0.2, -0.15) is 0 Å². The van der Waals surface area contributed by atoms with Crippen LogP contribution >= 0.6 is 0 Å². The Bertz CT molecular complexity index is 997. The number of fused-ring (bicyclic) bond motifs is 4. The van der Waals surface area contributed by atoms with E-state index in [1.165, 1.54) is 0 Å². The summed E-state index contributed by atoms with van der Waals surface area (Å²) < 4.78 is 50.4. The number of aliphatic hydroxyl groups excluding tert-OH is 10. The van der Waals surface area contributed by atoms with Crippen LogP contribution in [-0.2, 0) is 42.6 Å². The summed E-state index contributed by atoms with van der Waals surface area (Å²) in [5.74, 6) is -2.46. The topological polar surface area (TPSA) is 311 Å². The second-order valence-corrected chi connectivity index (χ2v) is 11.7. The molecule has 0 aliphatic carbocycles. The predicted molar refractivity (Wildman–Crippen MR) is 130 cm³/mol. The van der Waals surface area contributed by atoms with Gasteiger partial charge < -0.3 is 93.7 Å². The molecule has 0 amide bonds. The van der Waals surface area contributed by atoms with E-state index in [2.05, 4.69) is 0 Å². The molecule has 0 aromatic rings. The van der Waals surface area contributed by atoms with E-state index in [0.29, 0.717) is 0 Å². The van der Waals surface area contributed by atoms with Crippen LogP contribution in [0.3, 0.4) is 0 Å². The standard InChI is InChI=1S/C24H39NO19/c25-24(20(34)11(30)9(28)6(2-27)43-24)44-16-8-4-37-19(16)14(33)23(40-8)42-17-10(29)5(1-26)39-22(13(17)32)41-15-7-3-36-18(15)12(31)21(35)38-7/h5-23,26-35H,1-4,25H2/t5-,6-,7+,8+,9+,10-,11+,12+,13-,14+,15+,16+,17+,18+,19+,20-,21-,22+,23+,24+/m1/s1. The van der Waals surface area contributed by atoms with E-state index >= 15 is 0 Å². The highest BCUT2D eigenvalue weighted by atomic mass is 16.8. The smallest absolute Gasteiger partial charge is 0.255 e. The summed E-state index contributed by atoms with van der Waals surface area (Å²) in [7, 11) is 0. The highest BCUT2D eigenvalue weighted by Gasteiger charge is 2.61. The van der Waals surface area contributed by atoms with E-state index in [-0.39, 0.29) is 13.2 Å². The third kappa shape index (κ3) is 5.58. The van der Waals surface area contributed by atoms with Gasteiger partial charge in [0.25, 0.3) is 5.91 Å². The van der Waals surface area contributed by atoms with E-state index in [0.717, 1.165) is 0 Å². The molecular weight excluding hydrogens is 606 g/mol. The first-order valence-corrected chi connectivity index (χ1v) is 14.2. The normalized spacial score (nSPS) is 57.5. The van der Waals surface area contributed by atoms with Gasteiger partial charge in [-0.1, -0.05) is 0 Å². The van der Waals surface area contributed by atoms with Crippen LogP contribution in [0.4, 0.5) is 0 Å². The van der Waals surface area contributed by atoms with E-state index < -0.39 is 136 Å². The molecule has 44 heavy (non-hydrogen) atoms. The van der Waals surface area contributed by atoms with Crippen LogP contribution in [0.2, 0.25) is 0 Å². The minimum absolute atomic E-state index is 0.0290. The van der Waals surface area contributed by atoms with Crippen molar-refractivity contribution in [3.63, 3.8) is 0 Å². The second kappa shape index (κ2) is 12.7. The largest absolute Gasteiger partial charge is 0.394 e. The molecule has 4 bridgehead atoms. The third-order valence-corrected chi connectivity index (χ3v) is 8.86. The van der Waals surface area contributed by atoms with Gasteiger partial charge in [0.15, 0.2) is 25.0 Å². The molecule has 20 heteroatoms. The molecule has 6 aliphatic heterocycles. The molecule has 0 saturated carbocycles. The number of rotatable bonds is 8. The number of ether oxygens (including phenoxy) is 9. The summed E-state index contributed by atoms with van der Waals surface area (Å²) in [6.45, 7) is -1.70. The predicted octanol–water partition coefficient (Wildman–Crippen LogP) is -8.37. The minimum atomic E-state index is -2.46. The van der Waals surface area contributed by atoms with Crippen molar-refractivity contribution in [2.45, 2.75) is 122 Å². The monoisotopic (exact) mass is 645 g/mol. The van der Waals surface area contributed by atoms with Crippen molar-refractivity contribution in [2.24, 2.45) is 5.73 Å². The highest BCUT2D eigenvalue weighted by molar-refractivity contribution is 5.02. The Kier molecular flexibility index (Phi) is 9.53. The average Bonchev–Trinajstić information content (AvgIpc) is 3.48. The van der Waals surface area contributed by atoms with Crippen molar-refractivity contribution in [2.75, 3.05) is 26.4 Å². The first-order chi connectivity index (χ1) is 20.9. The summed E-state index contributed by atoms with van der Waals surface area (Å²) in [5, 5.41) is 103. The molecule has 0 aromatic heterocycles. The maximum Gasteiger partial charge on any atom is 0.255 e. The Labute approximate surface area is 248 Å². The molecule has 6 aliphatic rings. The van der Waals surface area contributed by atoms with Crippen molar-refractivity contribution in [3.8, 4) is 0 Å². The average molecular weight is 646 g/mol. The lowest BCUT2D eigenvalue weighted by molar-refractivity contribution is -0.397. The van der Waals surface area contributed by atoms with Gasteiger partial charge in [-0.05, 0) is 0 Å². The first-order valence-electron chi connectivity index (χ1n) is 14.2. The van der Waals surface area contributed by atoms with Crippen LogP contribution < -0.4 is 5.73 Å². The summed E-state index contributed by atoms with van der Waals surface area (Å²) in [4.78, 5) is 0. The number of hydrogen-bond acceptors (Lipinski definition) is 20. The lowest BCUT2D eigenvalue weighted by Crippen LogP contribution is -2.72. The fraction of sp³-hybridized carbons (Fsp3) is 1.00. The number of aliphatic hydroxyl groups is 10. The molecule has 6 rings (SSSR count). The van der Waals surface area contributed by atoms with Crippen LogP contribution in [0.5, 0.6) is 0 Å². The molecular formula is C24H39NO19. The van der Waals surface area contributed by atoms with Gasteiger partial charge in [0.2, 0.25) is 0 Å². The highest BCUT2D eigenvalue weighted by Crippen LogP contribution is 2.39. The Morgan fingerprint density at radius 2 is 1.20 bits per heavy atom. The minimum Gasteiger partial charge on any atom is -0.394 e. The molecule has 6 saturated heterocycles. The zero-order chi connectivity index (χ0) is 31.7. The third-order valence-electron chi connectivity index (χ3n) is 8.86. The van der Waals surface area contributed by atoms with Gasteiger partial charge in [-0.3, -0.25) is 5.73 Å². The van der Waals surface area contributed by atoms with Gasteiger partial charge >= 0.3 is 0 Å². The zero-order valence-electron chi connectivity index (χ0n) is 23.0. The Morgan fingerprint density at radius 1 is 0.614 bits per heavy atom. The van der Waals surface area contributed by atoms with E-state index in [1.807, 2.05) is 0 Å². The maximum atomic E-state index is 11.1. The van der Waals surface area contributed by atoms with Gasteiger partial charge in [0.1, 0.15) is 91.6 Å². The van der Waals surface area contributed by atoms with Crippen molar-refractivity contribution in [3.05, 3.63) is 0 Å². The first kappa shape index (κ1) is 33.1. The van der Waals surface area contributed by atoms with Crippen LogP contribution in [0, 0.1) is 0 Å². The fourth-order valence-corrected chi connectivity index (χ4v) is 6.40. The summed E-state index contributed by atoms with van der Waals surface area (Å²) >= 11 is 0. The lowest BCUT2D eigenvalue weighted by Gasteiger charge is -2.49. The van der Waals surface area contributed by atoms with Crippen molar-refractivity contribution >= 4 is 0 Å². The van der Waals surface area contributed by atoms with Crippen LogP contribution in [0.25, 0.3) is 0 Å². The van der Waals surface area contributed by atoms with Gasteiger partial charge in [-0.15, -0.1) is 0 Å². The molecule has 0 radical (unpaired) electrons. The quantitative estimate of drug-likeness (QED) is 0.109. The number of hydrogen-bond donors (Lipinski definition) is 11. The maximum absolute atomic E-state index is 11.1. The van der Waals surface area contributed by atoms with E-state index in [1.54, 1.807) is 0 Å². The van der Waals surface area contributed by atoms with Crippen LogP contribution in [0.1, 0.15) is 0 Å². The molecule has 0 spiro atoms. The zero-order valence-corrected chi connectivity index (χ0v) is 23.0. The second-order valence-electron chi connectivity index (χ2n) is 11.7. The van der Waals surface area contributed by atoms with Gasteiger partial charge in [0.05, 0.1) is 26.4 Å². The molecule has 6 fully saturated rings. The molecule has 12 N–H and O–H groups in total. The molecule has 0 unspecified atom stereocenters. The van der Waals surface area contributed by atoms with Crippen LogP contribution in [0.15, 0.2) is 0 Å². The lowest BCUT2D eigenvalue weighted by atomic mass is 9.95. The molecule has 20 atom stereocenters. The Morgan fingerprint density at radius 3 is 1.86 bits per heavy atom. The fourth-order valence-electron chi connectivity index (χ4n) is 6.40. The van der Waals surface area contributed by atoms with E-state index in [4.69, 9.17) is 48.4 Å². The van der Waals surface area contributed by atoms with Gasteiger partial charge in [0, 0.05) is 0 Å². The van der Waals surface area contributed by atoms with Crippen LogP contribution in [-0.4, -0.2) is 200 Å². The number of nitrogens with two attached hydrogens (primary N) is 1. The Balaban J connectivity index is 1.14. The summed E-state index contributed by atoms with van der Waals surface area (Å²) in [6.07, 6.45) is -27.3. The SMILES string of the molecule is N[C@]1(O[C@@H]2[C@H]3OC[C@@H]2O[C@@H](O[C@@H]2[C@@H](O)[C@H](O[C@@H]4[C@H]5OC[C@@H]4O[C@@H](O)[C@H]5O)O[C@H](CO)[C@H]2O)[C@H]3O)O[C@H](CO)[C@H](O)[C@H](O)[C@H]1O. The molecule has 254 valence electrons. The molecule has 0 aromatic carbocycles. The van der Waals surface area contributed by atoms with Crippen molar-refractivity contribution in [1.82, 2.24) is 0 Å². The van der Waals surface area contributed by atoms with E-state index in [9.17, 15) is 51.1 Å². The van der Waals surface area contributed by atoms with Crippen molar-refractivity contribution < 1.29 is 93.7 Å². The molecule has 6 heterocycles. The summed E-state index contributed by atoms with van der Waals surface area (Å²) in [5.41, 5.74) is 6.07.